The molecule has 0 spiro atoms. The van der Waals surface area contributed by atoms with Crippen LogP contribution < -0.4 is 19.9 Å². The van der Waals surface area contributed by atoms with Gasteiger partial charge in [0.05, 0.1) is 4.90 Å². The van der Waals surface area contributed by atoms with E-state index in [1.807, 2.05) is 6.07 Å². The molecule has 1 atom stereocenters. The Bertz CT molecular complexity index is 1600. The van der Waals surface area contributed by atoms with Gasteiger partial charge < -0.3 is 25.2 Å². The highest BCUT2D eigenvalue weighted by Gasteiger charge is 2.38. The lowest BCUT2D eigenvalue weighted by atomic mass is 10.1. The zero-order valence-corrected chi connectivity index (χ0v) is 21.4. The van der Waals surface area contributed by atoms with Crippen molar-refractivity contribution >= 4 is 38.5 Å². The maximum Gasteiger partial charge on any atom is 0.490 e. The molecule has 1 saturated heterocycles. The van der Waals surface area contributed by atoms with Crippen molar-refractivity contribution in [2.45, 2.75) is 30.1 Å². The number of fused-ring (bicyclic) bond motifs is 2. The number of nitrogens with two attached hydrogens (primary N) is 1. The number of hydrogen-bond acceptors (Lipinski definition) is 7. The van der Waals surface area contributed by atoms with E-state index in [4.69, 9.17) is 30.5 Å². The summed E-state index contributed by atoms with van der Waals surface area (Å²) >= 11 is 0. The summed E-state index contributed by atoms with van der Waals surface area (Å²) in [6.07, 6.45) is -4.71. The summed E-state index contributed by atoms with van der Waals surface area (Å²) in [5, 5.41) is 16.2. The quantitative estimate of drug-likeness (QED) is 0.254. The van der Waals surface area contributed by atoms with E-state index in [-0.39, 0.29) is 23.4 Å². The van der Waals surface area contributed by atoms with Crippen molar-refractivity contribution < 1.29 is 45.8 Å². The van der Waals surface area contributed by atoms with Crippen molar-refractivity contribution in [3.05, 3.63) is 65.7 Å². The van der Waals surface area contributed by atoms with E-state index in [0.29, 0.717) is 42.0 Å². The van der Waals surface area contributed by atoms with E-state index >= 15 is 0 Å². The van der Waals surface area contributed by atoms with Crippen molar-refractivity contribution in [1.82, 2.24) is 9.62 Å². The van der Waals surface area contributed by atoms with Crippen molar-refractivity contribution in [3.8, 4) is 11.5 Å². The zero-order chi connectivity index (χ0) is 29.2. The SMILES string of the molecule is N=C(N)c1cccc(CN2CC[C@H](NS(=O)(=O)c3ccc4cc5c(cc4c3)OCO5)C2=O)c1.O=C(O)C(F)(F)F. The maximum absolute atomic E-state index is 13.0. The first-order chi connectivity index (χ1) is 18.7. The Hall–Kier alpha value is -4.37. The number of carboxylic acids is 1. The standard InChI is InChI=1S/C23H22N4O5S.C2HF3O2/c24-22(25)16-3-1-2-14(8-16)12-27-7-6-19(23(27)28)26-33(29,30)18-5-4-15-10-20-21(32-13-31-20)11-17(15)9-18;3-2(4,5)1(6)7/h1-5,8-11,19,26H,6-7,12-13H2,(H3,24,25);(H,6,7)/t19-;/m0./s1. The molecule has 0 bridgehead atoms. The number of carbonyl (C=O) groups excluding carboxylic acids is 1. The Kier molecular flexibility index (Phi) is 7.88. The van der Waals surface area contributed by atoms with Gasteiger partial charge in [0.2, 0.25) is 22.7 Å². The summed E-state index contributed by atoms with van der Waals surface area (Å²) in [5.41, 5.74) is 6.94. The number of nitrogens with zero attached hydrogens (tertiary/aromatic N) is 1. The van der Waals surface area contributed by atoms with Crippen LogP contribution in [0.2, 0.25) is 0 Å². The van der Waals surface area contributed by atoms with E-state index in [1.165, 1.54) is 6.07 Å². The number of rotatable bonds is 6. The zero-order valence-electron chi connectivity index (χ0n) is 20.6. The fourth-order valence-corrected chi connectivity index (χ4v) is 5.36. The number of amidine groups is 1. The van der Waals surface area contributed by atoms with Gasteiger partial charge in [0.15, 0.2) is 11.5 Å². The minimum Gasteiger partial charge on any atom is -0.475 e. The molecule has 5 rings (SSSR count). The number of hydrogen-bond donors (Lipinski definition) is 4. The van der Waals surface area contributed by atoms with E-state index in [0.717, 1.165) is 10.9 Å². The molecule has 1 amide bonds. The van der Waals surface area contributed by atoms with Gasteiger partial charge in [0.25, 0.3) is 0 Å². The molecule has 15 heteroatoms. The van der Waals surface area contributed by atoms with Crippen LogP contribution in [0.15, 0.2) is 59.5 Å². The molecule has 0 radical (unpaired) electrons. The minimum absolute atomic E-state index is 0.0466. The lowest BCUT2D eigenvalue weighted by molar-refractivity contribution is -0.192. The van der Waals surface area contributed by atoms with Gasteiger partial charge >= 0.3 is 12.1 Å². The number of nitrogen functional groups attached to an aromatic ring is 1. The molecule has 0 unspecified atom stereocenters. The summed E-state index contributed by atoms with van der Waals surface area (Å²) in [6, 6.07) is 14.6. The first kappa shape index (κ1) is 28.6. The van der Waals surface area contributed by atoms with Crippen molar-refractivity contribution in [2.24, 2.45) is 5.73 Å². The normalized spacial score (nSPS) is 16.5. The number of ether oxygens (including phenoxy) is 2. The van der Waals surface area contributed by atoms with Gasteiger partial charge in [-0.05, 0) is 53.1 Å². The minimum atomic E-state index is -5.08. The average molecular weight is 581 g/mol. The van der Waals surface area contributed by atoms with E-state index in [1.54, 1.807) is 47.4 Å². The Morgan fingerprint density at radius 1 is 1.10 bits per heavy atom. The number of aliphatic carboxylic acids is 1. The smallest absolute Gasteiger partial charge is 0.475 e. The van der Waals surface area contributed by atoms with Gasteiger partial charge in [0, 0.05) is 18.7 Å². The number of alkyl halides is 3. The number of likely N-dealkylation sites (tertiary alicyclic amines) is 1. The van der Waals surface area contributed by atoms with Crippen molar-refractivity contribution in [2.75, 3.05) is 13.3 Å². The van der Waals surface area contributed by atoms with Gasteiger partial charge in [0.1, 0.15) is 11.9 Å². The molecule has 212 valence electrons. The molecule has 1 fully saturated rings. The lowest BCUT2D eigenvalue weighted by Crippen LogP contribution is -2.41. The molecule has 2 aliphatic rings. The van der Waals surface area contributed by atoms with Crippen LogP contribution >= 0.6 is 0 Å². The van der Waals surface area contributed by atoms with Crippen LogP contribution in [0.5, 0.6) is 11.5 Å². The third-order valence-electron chi connectivity index (χ3n) is 6.06. The fraction of sp³-hybridized carbons (Fsp3) is 0.240. The van der Waals surface area contributed by atoms with E-state index in [9.17, 15) is 26.4 Å². The monoisotopic (exact) mass is 580 g/mol. The number of benzene rings is 3. The maximum atomic E-state index is 13.0. The molecule has 2 heterocycles. The second kappa shape index (κ2) is 11.0. The van der Waals surface area contributed by atoms with Gasteiger partial charge in [-0.3, -0.25) is 10.2 Å². The highest BCUT2D eigenvalue weighted by Crippen LogP contribution is 2.36. The second-order valence-corrected chi connectivity index (χ2v) is 10.6. The summed E-state index contributed by atoms with van der Waals surface area (Å²) in [4.78, 5) is 23.5. The van der Waals surface area contributed by atoms with Crippen LogP contribution in [0.25, 0.3) is 10.8 Å². The van der Waals surface area contributed by atoms with Crippen LogP contribution in [-0.4, -0.2) is 61.7 Å². The Balaban J connectivity index is 0.000000470. The highest BCUT2D eigenvalue weighted by atomic mass is 32.2. The molecule has 2 aliphatic heterocycles. The molecule has 40 heavy (non-hydrogen) atoms. The topological polar surface area (TPSA) is 172 Å². The van der Waals surface area contributed by atoms with Crippen LogP contribution in [0.3, 0.4) is 0 Å². The molecule has 0 aromatic heterocycles. The van der Waals surface area contributed by atoms with Gasteiger partial charge in [-0.25, -0.2) is 13.2 Å². The lowest BCUT2D eigenvalue weighted by Gasteiger charge is -2.18. The number of carboxylic acid groups (broad SMARTS) is 1. The molecular weight excluding hydrogens is 557 g/mol. The molecule has 0 saturated carbocycles. The Morgan fingerprint density at radius 2 is 1.75 bits per heavy atom. The van der Waals surface area contributed by atoms with Gasteiger partial charge in [-0.2, -0.15) is 17.9 Å². The summed E-state index contributed by atoms with van der Waals surface area (Å²) in [7, 11) is -3.91. The first-order valence-electron chi connectivity index (χ1n) is 11.6. The molecule has 0 aliphatic carbocycles. The van der Waals surface area contributed by atoms with Crippen LogP contribution in [0.4, 0.5) is 13.2 Å². The number of halogens is 3. The third kappa shape index (κ3) is 6.43. The number of nitrogens with one attached hydrogen (secondary N) is 2. The van der Waals surface area contributed by atoms with Gasteiger partial charge in [-0.1, -0.05) is 24.3 Å². The number of carbonyl (C=O) groups is 2. The fourth-order valence-electron chi connectivity index (χ4n) is 4.10. The highest BCUT2D eigenvalue weighted by molar-refractivity contribution is 7.89. The summed E-state index contributed by atoms with van der Waals surface area (Å²) in [6.45, 7) is 0.885. The van der Waals surface area contributed by atoms with E-state index < -0.39 is 28.2 Å². The van der Waals surface area contributed by atoms with Crippen LogP contribution in [-0.2, 0) is 26.2 Å². The average Bonchev–Trinajstić information content (AvgIpc) is 3.48. The van der Waals surface area contributed by atoms with Crippen molar-refractivity contribution in [1.29, 1.82) is 5.41 Å². The second-order valence-electron chi connectivity index (χ2n) is 8.85. The van der Waals surface area contributed by atoms with Crippen LogP contribution in [0, 0.1) is 5.41 Å². The predicted octanol–water partition coefficient (Wildman–Crippen LogP) is 2.57. The predicted molar refractivity (Wildman–Crippen MR) is 135 cm³/mol. The third-order valence-corrected chi connectivity index (χ3v) is 7.53. The molecule has 3 aromatic carbocycles. The Labute approximate surface area is 225 Å². The molecule has 3 aromatic rings. The first-order valence-corrected chi connectivity index (χ1v) is 13.1. The van der Waals surface area contributed by atoms with Crippen molar-refractivity contribution in [3.63, 3.8) is 0 Å². The largest absolute Gasteiger partial charge is 0.490 e. The molecule has 5 N–H and O–H groups in total. The molecule has 11 nitrogen and oxygen atoms in total. The number of amides is 1. The number of sulfonamides is 1. The van der Waals surface area contributed by atoms with E-state index in [2.05, 4.69) is 4.72 Å². The van der Waals surface area contributed by atoms with Crippen LogP contribution in [0.1, 0.15) is 17.5 Å². The summed E-state index contributed by atoms with van der Waals surface area (Å²) in [5.74, 6) is -1.89. The van der Waals surface area contributed by atoms with Gasteiger partial charge in [-0.15, -0.1) is 0 Å². The molecular formula is C25H23F3N4O7S. The Morgan fingerprint density at radius 3 is 2.38 bits per heavy atom. The summed E-state index contributed by atoms with van der Waals surface area (Å²) < 4.78 is 71.1.